The lowest BCUT2D eigenvalue weighted by atomic mass is 9.81. The number of carboxylic acids is 1. The molecule has 0 aliphatic heterocycles. The molecule has 0 radical (unpaired) electrons. The summed E-state index contributed by atoms with van der Waals surface area (Å²) in [6, 6.07) is 22.9. The minimum atomic E-state index is -1.20. The Morgan fingerprint density at radius 3 is 2.07 bits per heavy atom. The van der Waals surface area contributed by atoms with Crippen molar-refractivity contribution >= 4 is 17.6 Å². The van der Waals surface area contributed by atoms with Crippen LogP contribution in [0.5, 0.6) is 5.75 Å². The number of carbonyl (C=O) groups is 1. The summed E-state index contributed by atoms with van der Waals surface area (Å²) in [5.74, 6) is -1.39. The number of benzene rings is 3. The van der Waals surface area contributed by atoms with Gasteiger partial charge in [0.2, 0.25) is 0 Å². The van der Waals surface area contributed by atoms with E-state index in [-0.39, 0.29) is 23.1 Å². The zero-order valence-electron chi connectivity index (χ0n) is 15.0. The highest BCUT2D eigenvalue weighted by Gasteiger charge is 2.25. The highest BCUT2D eigenvalue weighted by atomic mass is 35.5. The van der Waals surface area contributed by atoms with Crippen molar-refractivity contribution in [3.63, 3.8) is 0 Å². The number of aromatic carboxylic acids is 1. The topological polar surface area (TPSA) is 57.5 Å². The van der Waals surface area contributed by atoms with Crippen LogP contribution in [0.3, 0.4) is 0 Å². The fraction of sp³-hybridized carbons (Fsp3) is 0.174. The highest BCUT2D eigenvalue weighted by molar-refractivity contribution is 6.31. The predicted molar refractivity (Wildman–Crippen MR) is 108 cm³/mol. The molecule has 0 aliphatic carbocycles. The maximum absolute atomic E-state index is 11.5. The predicted octanol–water partition coefficient (Wildman–Crippen LogP) is 6.07. The van der Waals surface area contributed by atoms with Crippen LogP contribution in [-0.4, -0.2) is 16.2 Å². The lowest BCUT2D eigenvalue weighted by molar-refractivity contribution is 0.0693. The second kappa shape index (κ2) is 8.28. The first-order chi connectivity index (χ1) is 13.0. The molecular weight excluding hydrogens is 360 g/mol. The van der Waals surface area contributed by atoms with Crippen molar-refractivity contribution in [3.05, 3.63) is 100 Å². The molecular formula is C23H21ClO3. The summed E-state index contributed by atoms with van der Waals surface area (Å²) in [7, 11) is 0. The first-order valence-electron chi connectivity index (χ1n) is 8.83. The number of aromatic hydroxyl groups is 1. The van der Waals surface area contributed by atoms with Gasteiger partial charge in [-0.05, 0) is 35.6 Å². The Kier molecular flexibility index (Phi) is 5.82. The molecule has 0 aliphatic rings. The van der Waals surface area contributed by atoms with E-state index in [1.165, 1.54) is 11.6 Å². The van der Waals surface area contributed by atoms with Gasteiger partial charge in [0.25, 0.3) is 0 Å². The van der Waals surface area contributed by atoms with Gasteiger partial charge in [0, 0.05) is 16.5 Å². The summed E-state index contributed by atoms with van der Waals surface area (Å²) in [5, 5.41) is 20.4. The van der Waals surface area contributed by atoms with Gasteiger partial charge in [-0.3, -0.25) is 0 Å². The SMILES string of the molecule is CC(CC(c1ccccc1)c1cc(Cl)cc(C(=O)O)c1O)c1ccccc1. The molecule has 0 spiro atoms. The van der Waals surface area contributed by atoms with Gasteiger partial charge in [0.15, 0.2) is 0 Å². The van der Waals surface area contributed by atoms with Crippen molar-refractivity contribution in [2.75, 3.05) is 0 Å². The molecule has 2 atom stereocenters. The normalized spacial score (nSPS) is 13.1. The van der Waals surface area contributed by atoms with Crippen molar-refractivity contribution in [2.24, 2.45) is 0 Å². The standard InChI is InChI=1S/C23H21ClO3/c1-15(16-8-4-2-5-9-16)12-19(17-10-6-3-7-11-17)20-13-18(24)14-21(22(20)25)23(26)27/h2-11,13-15,19,25H,12H2,1H3,(H,26,27). The second-order valence-corrected chi connectivity index (χ2v) is 7.14. The van der Waals surface area contributed by atoms with Gasteiger partial charge in [-0.1, -0.05) is 79.2 Å². The van der Waals surface area contributed by atoms with Gasteiger partial charge < -0.3 is 10.2 Å². The third-order valence-electron chi connectivity index (χ3n) is 4.87. The summed E-state index contributed by atoms with van der Waals surface area (Å²) in [6.45, 7) is 2.13. The lowest BCUT2D eigenvalue weighted by Gasteiger charge is -2.24. The first-order valence-corrected chi connectivity index (χ1v) is 9.20. The fourth-order valence-electron chi connectivity index (χ4n) is 3.45. The molecule has 2 N–H and O–H groups in total. The molecule has 0 bridgehead atoms. The smallest absolute Gasteiger partial charge is 0.339 e. The molecule has 3 nitrogen and oxygen atoms in total. The van der Waals surface area contributed by atoms with Gasteiger partial charge in [-0.15, -0.1) is 0 Å². The van der Waals surface area contributed by atoms with Crippen LogP contribution in [0.15, 0.2) is 72.8 Å². The van der Waals surface area contributed by atoms with Gasteiger partial charge in [-0.2, -0.15) is 0 Å². The van der Waals surface area contributed by atoms with E-state index in [4.69, 9.17) is 11.6 Å². The second-order valence-electron chi connectivity index (χ2n) is 6.71. The van der Waals surface area contributed by atoms with E-state index in [1.54, 1.807) is 6.07 Å². The third kappa shape index (κ3) is 4.32. The van der Waals surface area contributed by atoms with Gasteiger partial charge in [0.05, 0.1) is 0 Å². The Hall–Kier alpha value is -2.78. The van der Waals surface area contributed by atoms with Crippen LogP contribution < -0.4 is 0 Å². The van der Waals surface area contributed by atoms with Crippen LogP contribution in [0.4, 0.5) is 0 Å². The van der Waals surface area contributed by atoms with Crippen molar-refractivity contribution < 1.29 is 15.0 Å². The summed E-state index contributed by atoms with van der Waals surface area (Å²) >= 11 is 6.18. The number of phenols is 1. The minimum Gasteiger partial charge on any atom is -0.507 e. The van der Waals surface area contributed by atoms with E-state index >= 15 is 0 Å². The van der Waals surface area contributed by atoms with Gasteiger partial charge in [0.1, 0.15) is 11.3 Å². The largest absolute Gasteiger partial charge is 0.507 e. The quantitative estimate of drug-likeness (QED) is 0.545. The molecule has 4 heteroatoms. The summed E-state index contributed by atoms with van der Waals surface area (Å²) < 4.78 is 0. The zero-order valence-corrected chi connectivity index (χ0v) is 15.7. The molecule has 2 unspecified atom stereocenters. The van der Waals surface area contributed by atoms with Crippen LogP contribution in [0, 0.1) is 0 Å². The van der Waals surface area contributed by atoms with Crippen LogP contribution in [0.25, 0.3) is 0 Å². The van der Waals surface area contributed by atoms with Crippen molar-refractivity contribution in [1.82, 2.24) is 0 Å². The van der Waals surface area contributed by atoms with E-state index in [1.807, 2.05) is 48.5 Å². The average Bonchev–Trinajstić information content (AvgIpc) is 2.68. The Morgan fingerprint density at radius 2 is 1.52 bits per heavy atom. The van der Waals surface area contributed by atoms with Crippen molar-refractivity contribution in [3.8, 4) is 5.75 Å². The number of halogens is 1. The van der Waals surface area contributed by atoms with Crippen LogP contribution >= 0.6 is 11.6 Å². The molecule has 3 rings (SSSR count). The molecule has 0 saturated carbocycles. The van der Waals surface area contributed by atoms with Crippen LogP contribution in [0.1, 0.15) is 52.2 Å². The Bertz CT molecular complexity index is 923. The van der Waals surface area contributed by atoms with Crippen LogP contribution in [-0.2, 0) is 0 Å². The zero-order chi connectivity index (χ0) is 19.4. The Labute approximate surface area is 163 Å². The molecule has 0 heterocycles. The number of carboxylic acid groups (broad SMARTS) is 1. The molecule has 0 aromatic heterocycles. The average molecular weight is 381 g/mol. The monoisotopic (exact) mass is 380 g/mol. The maximum Gasteiger partial charge on any atom is 0.339 e. The number of hydrogen-bond acceptors (Lipinski definition) is 2. The molecule has 3 aromatic carbocycles. The van der Waals surface area contributed by atoms with E-state index in [2.05, 4.69) is 19.1 Å². The lowest BCUT2D eigenvalue weighted by Crippen LogP contribution is -2.09. The van der Waals surface area contributed by atoms with E-state index in [0.29, 0.717) is 17.0 Å². The minimum absolute atomic E-state index is 0.175. The first kappa shape index (κ1) is 19.0. The number of rotatable bonds is 6. The molecule has 0 saturated heterocycles. The summed E-state index contributed by atoms with van der Waals surface area (Å²) in [5.41, 5.74) is 2.56. The Morgan fingerprint density at radius 1 is 0.963 bits per heavy atom. The third-order valence-corrected chi connectivity index (χ3v) is 5.09. The molecule has 138 valence electrons. The van der Waals surface area contributed by atoms with E-state index < -0.39 is 5.97 Å². The maximum atomic E-state index is 11.5. The molecule has 27 heavy (non-hydrogen) atoms. The summed E-state index contributed by atoms with van der Waals surface area (Å²) in [4.78, 5) is 11.5. The van der Waals surface area contributed by atoms with Gasteiger partial charge in [-0.25, -0.2) is 4.79 Å². The molecule has 3 aromatic rings. The molecule has 0 amide bonds. The molecule has 0 fully saturated rings. The van der Waals surface area contributed by atoms with Crippen molar-refractivity contribution in [2.45, 2.75) is 25.2 Å². The Balaban J connectivity index is 2.08. The van der Waals surface area contributed by atoms with E-state index in [9.17, 15) is 15.0 Å². The van der Waals surface area contributed by atoms with Crippen LogP contribution in [0.2, 0.25) is 5.02 Å². The number of hydrogen-bond donors (Lipinski definition) is 2. The van der Waals surface area contributed by atoms with Crippen molar-refractivity contribution in [1.29, 1.82) is 0 Å². The fourth-order valence-corrected chi connectivity index (χ4v) is 3.67. The van der Waals surface area contributed by atoms with E-state index in [0.717, 1.165) is 5.56 Å². The van der Waals surface area contributed by atoms with Gasteiger partial charge >= 0.3 is 5.97 Å². The summed E-state index contributed by atoms with van der Waals surface area (Å²) in [6.07, 6.45) is 0.709. The highest BCUT2D eigenvalue weighted by Crippen LogP contribution is 2.41.